The standard InChI is InChI=1S/C14H12BrClN4O/c1-7-5-8(15)11(6-9(7)16)20-13-10(18-14(20)17)3-4-12(19-13)21-2/h3-6H,1-2H3,(H2,17,18). The maximum absolute atomic E-state index is 6.22. The molecule has 0 bridgehead atoms. The molecule has 0 aliphatic carbocycles. The van der Waals surface area contributed by atoms with Crippen LogP contribution in [0.4, 0.5) is 5.95 Å². The first-order valence-electron chi connectivity index (χ1n) is 6.16. The van der Waals surface area contributed by atoms with E-state index in [1.54, 1.807) is 17.7 Å². The second kappa shape index (κ2) is 5.20. The number of nitrogen functional groups attached to an aromatic ring is 1. The van der Waals surface area contributed by atoms with Crippen LogP contribution in [0.5, 0.6) is 5.88 Å². The molecule has 0 radical (unpaired) electrons. The molecule has 21 heavy (non-hydrogen) atoms. The highest BCUT2D eigenvalue weighted by molar-refractivity contribution is 9.10. The van der Waals surface area contributed by atoms with Crippen molar-refractivity contribution in [1.29, 1.82) is 0 Å². The molecule has 0 saturated heterocycles. The van der Waals surface area contributed by atoms with Crippen LogP contribution in [-0.2, 0) is 0 Å². The molecular weight excluding hydrogens is 356 g/mol. The molecule has 2 aromatic heterocycles. The minimum absolute atomic E-state index is 0.339. The van der Waals surface area contributed by atoms with E-state index in [4.69, 9.17) is 22.1 Å². The average molecular weight is 368 g/mol. The summed E-state index contributed by atoms with van der Waals surface area (Å²) in [5, 5.41) is 0.650. The molecule has 0 unspecified atom stereocenters. The first-order chi connectivity index (χ1) is 10.0. The van der Waals surface area contributed by atoms with Gasteiger partial charge in [0.25, 0.3) is 0 Å². The predicted molar refractivity (Wildman–Crippen MR) is 87.3 cm³/mol. The van der Waals surface area contributed by atoms with E-state index in [1.807, 2.05) is 25.1 Å². The van der Waals surface area contributed by atoms with E-state index < -0.39 is 0 Å². The maximum Gasteiger partial charge on any atom is 0.215 e. The van der Waals surface area contributed by atoms with Crippen LogP contribution < -0.4 is 10.5 Å². The fourth-order valence-corrected chi connectivity index (χ4v) is 2.91. The molecule has 0 atom stereocenters. The van der Waals surface area contributed by atoms with Crippen LogP contribution in [0.15, 0.2) is 28.7 Å². The number of ether oxygens (including phenoxy) is 1. The number of anilines is 1. The summed E-state index contributed by atoms with van der Waals surface area (Å²) >= 11 is 9.76. The van der Waals surface area contributed by atoms with E-state index >= 15 is 0 Å². The smallest absolute Gasteiger partial charge is 0.215 e. The largest absolute Gasteiger partial charge is 0.481 e. The number of hydrogen-bond donors (Lipinski definition) is 1. The summed E-state index contributed by atoms with van der Waals surface area (Å²) in [6.45, 7) is 1.94. The molecular formula is C14H12BrClN4O. The summed E-state index contributed by atoms with van der Waals surface area (Å²) in [7, 11) is 1.57. The highest BCUT2D eigenvalue weighted by Crippen LogP contribution is 2.32. The Bertz CT molecular complexity index is 847. The summed E-state index contributed by atoms with van der Waals surface area (Å²) in [6, 6.07) is 7.33. The lowest BCUT2D eigenvalue weighted by Gasteiger charge is -2.11. The molecule has 0 aliphatic rings. The van der Waals surface area contributed by atoms with Gasteiger partial charge in [-0.2, -0.15) is 4.98 Å². The van der Waals surface area contributed by atoms with Crippen molar-refractivity contribution >= 4 is 44.6 Å². The fourth-order valence-electron chi connectivity index (χ4n) is 2.12. The van der Waals surface area contributed by atoms with Gasteiger partial charge in [0.15, 0.2) is 5.65 Å². The topological polar surface area (TPSA) is 66.0 Å². The quantitative estimate of drug-likeness (QED) is 0.749. The van der Waals surface area contributed by atoms with Crippen LogP contribution in [0.2, 0.25) is 5.02 Å². The maximum atomic E-state index is 6.22. The molecule has 2 N–H and O–H groups in total. The third-order valence-electron chi connectivity index (χ3n) is 3.18. The number of fused-ring (bicyclic) bond motifs is 1. The van der Waals surface area contributed by atoms with E-state index in [0.717, 1.165) is 15.7 Å². The second-order valence-electron chi connectivity index (χ2n) is 4.55. The van der Waals surface area contributed by atoms with Crippen LogP contribution in [-0.4, -0.2) is 21.6 Å². The number of aromatic nitrogens is 3. The first kappa shape index (κ1) is 14.2. The van der Waals surface area contributed by atoms with Gasteiger partial charge in [0.1, 0.15) is 5.52 Å². The molecule has 3 aromatic rings. The monoisotopic (exact) mass is 366 g/mol. The van der Waals surface area contributed by atoms with Gasteiger partial charge in [0.05, 0.1) is 12.8 Å². The molecule has 0 aliphatic heterocycles. The SMILES string of the molecule is COc1ccc2nc(N)n(-c3cc(Cl)c(C)cc3Br)c2n1. The summed E-state index contributed by atoms with van der Waals surface area (Å²) < 4.78 is 7.77. The van der Waals surface area contributed by atoms with Crippen molar-refractivity contribution in [2.75, 3.05) is 12.8 Å². The number of imidazole rings is 1. The van der Waals surface area contributed by atoms with E-state index in [9.17, 15) is 0 Å². The number of benzene rings is 1. The Kier molecular flexibility index (Phi) is 3.51. The summed E-state index contributed by atoms with van der Waals surface area (Å²) in [4.78, 5) is 8.74. The zero-order chi connectivity index (χ0) is 15.1. The third kappa shape index (κ3) is 2.34. The Morgan fingerprint density at radius 3 is 2.76 bits per heavy atom. The predicted octanol–water partition coefficient (Wildman–Crippen LogP) is 3.74. The van der Waals surface area contributed by atoms with Gasteiger partial charge in [0.2, 0.25) is 11.8 Å². The van der Waals surface area contributed by atoms with E-state index in [-0.39, 0.29) is 0 Å². The minimum atomic E-state index is 0.339. The van der Waals surface area contributed by atoms with Crippen molar-refractivity contribution < 1.29 is 4.74 Å². The zero-order valence-corrected chi connectivity index (χ0v) is 13.7. The van der Waals surface area contributed by atoms with E-state index in [1.165, 1.54) is 0 Å². The first-order valence-corrected chi connectivity index (χ1v) is 7.33. The molecule has 1 aromatic carbocycles. The van der Waals surface area contributed by atoms with Crippen LogP contribution in [0.25, 0.3) is 16.9 Å². The number of aryl methyl sites for hydroxylation is 1. The number of hydrogen-bond acceptors (Lipinski definition) is 4. The molecule has 0 saturated carbocycles. The van der Waals surface area contributed by atoms with Crippen LogP contribution in [0, 0.1) is 6.92 Å². The summed E-state index contributed by atoms with van der Waals surface area (Å²) in [5.41, 5.74) is 9.11. The van der Waals surface area contributed by atoms with E-state index in [0.29, 0.717) is 28.0 Å². The Balaban J connectivity index is 2.34. The van der Waals surface area contributed by atoms with Crippen molar-refractivity contribution in [3.8, 4) is 11.6 Å². The number of methoxy groups -OCH3 is 1. The van der Waals surface area contributed by atoms with Crippen molar-refractivity contribution in [3.63, 3.8) is 0 Å². The molecule has 108 valence electrons. The highest BCUT2D eigenvalue weighted by atomic mass is 79.9. The molecule has 0 amide bonds. The molecule has 7 heteroatoms. The fraction of sp³-hybridized carbons (Fsp3) is 0.143. The Morgan fingerprint density at radius 1 is 1.29 bits per heavy atom. The second-order valence-corrected chi connectivity index (χ2v) is 5.82. The molecule has 5 nitrogen and oxygen atoms in total. The lowest BCUT2D eigenvalue weighted by atomic mass is 10.2. The molecule has 0 spiro atoms. The summed E-state index contributed by atoms with van der Waals surface area (Å²) in [5.74, 6) is 0.837. The Labute approximate surface area is 134 Å². The number of pyridine rings is 1. The highest BCUT2D eigenvalue weighted by Gasteiger charge is 2.15. The van der Waals surface area contributed by atoms with Crippen molar-refractivity contribution in [3.05, 3.63) is 39.3 Å². The van der Waals surface area contributed by atoms with Crippen molar-refractivity contribution in [2.24, 2.45) is 0 Å². The molecule has 2 heterocycles. The van der Waals surface area contributed by atoms with Crippen molar-refractivity contribution in [1.82, 2.24) is 14.5 Å². The molecule has 3 rings (SSSR count). The van der Waals surface area contributed by atoms with Crippen LogP contribution in [0.1, 0.15) is 5.56 Å². The third-order valence-corrected chi connectivity index (χ3v) is 4.23. The lowest BCUT2D eigenvalue weighted by molar-refractivity contribution is 0.399. The summed E-state index contributed by atoms with van der Waals surface area (Å²) in [6.07, 6.45) is 0. The number of rotatable bonds is 2. The average Bonchev–Trinajstić information content (AvgIpc) is 2.78. The van der Waals surface area contributed by atoms with Gasteiger partial charge < -0.3 is 10.5 Å². The van der Waals surface area contributed by atoms with Gasteiger partial charge in [-0.1, -0.05) is 11.6 Å². The van der Waals surface area contributed by atoms with Gasteiger partial charge in [-0.25, -0.2) is 4.98 Å². The minimum Gasteiger partial charge on any atom is -0.481 e. The number of halogens is 2. The Morgan fingerprint density at radius 2 is 2.05 bits per heavy atom. The zero-order valence-electron chi connectivity index (χ0n) is 11.4. The van der Waals surface area contributed by atoms with Crippen LogP contribution in [0.3, 0.4) is 0 Å². The van der Waals surface area contributed by atoms with Crippen LogP contribution >= 0.6 is 27.5 Å². The van der Waals surface area contributed by atoms with Gasteiger partial charge in [-0.3, -0.25) is 4.57 Å². The van der Waals surface area contributed by atoms with Gasteiger partial charge >= 0.3 is 0 Å². The number of nitrogens with two attached hydrogens (primary N) is 1. The Hall–Kier alpha value is -1.79. The van der Waals surface area contributed by atoms with E-state index in [2.05, 4.69) is 25.9 Å². The normalized spacial score (nSPS) is 11.0. The van der Waals surface area contributed by atoms with Crippen molar-refractivity contribution in [2.45, 2.75) is 6.92 Å². The number of nitrogens with zero attached hydrogens (tertiary/aromatic N) is 3. The van der Waals surface area contributed by atoms with Gasteiger partial charge in [-0.05, 0) is 46.6 Å². The van der Waals surface area contributed by atoms with Gasteiger partial charge in [-0.15, -0.1) is 0 Å². The lowest BCUT2D eigenvalue weighted by Crippen LogP contribution is -2.03. The molecule has 0 fully saturated rings. The van der Waals surface area contributed by atoms with Gasteiger partial charge in [0, 0.05) is 15.6 Å².